The summed E-state index contributed by atoms with van der Waals surface area (Å²) in [6, 6.07) is 13.0. The number of nitrogens with one attached hydrogen (secondary N) is 1. The van der Waals surface area contributed by atoms with Gasteiger partial charge in [0.1, 0.15) is 11.6 Å². The number of rotatable bonds is 6. The molecule has 162 valence electrons. The third kappa shape index (κ3) is 5.11. The fourth-order valence-corrected chi connectivity index (χ4v) is 4.16. The smallest absolute Gasteiger partial charge is 0.193 e. The number of hydrogen-bond donors (Lipinski definition) is 1. The van der Waals surface area contributed by atoms with E-state index < -0.39 is 0 Å². The minimum Gasteiger partial charge on any atom is -0.496 e. The summed E-state index contributed by atoms with van der Waals surface area (Å²) in [4.78, 5) is 6.46. The maximum Gasteiger partial charge on any atom is 0.193 e. The van der Waals surface area contributed by atoms with Crippen molar-refractivity contribution in [1.29, 1.82) is 0 Å². The van der Waals surface area contributed by atoms with Crippen molar-refractivity contribution >= 4 is 5.96 Å². The fourth-order valence-electron chi connectivity index (χ4n) is 4.16. The lowest BCUT2D eigenvalue weighted by Crippen LogP contribution is -2.48. The molecule has 1 heterocycles. The van der Waals surface area contributed by atoms with Crippen LogP contribution in [0.1, 0.15) is 29.5 Å². The Balaban J connectivity index is 1.79. The van der Waals surface area contributed by atoms with Gasteiger partial charge in [-0.05, 0) is 43.5 Å². The summed E-state index contributed by atoms with van der Waals surface area (Å²) in [5, 5.41) is 3.55. The van der Waals surface area contributed by atoms with Gasteiger partial charge >= 0.3 is 0 Å². The van der Waals surface area contributed by atoms with Crippen molar-refractivity contribution in [2.45, 2.75) is 31.7 Å². The first-order valence-electron chi connectivity index (χ1n) is 10.4. The van der Waals surface area contributed by atoms with E-state index in [0.717, 1.165) is 49.9 Å². The molecule has 0 amide bonds. The zero-order valence-electron chi connectivity index (χ0n) is 18.4. The number of aliphatic imine (C=N–C) groups is 1. The van der Waals surface area contributed by atoms with E-state index in [1.807, 2.05) is 24.1 Å². The number of halogens is 1. The Morgan fingerprint density at radius 1 is 1.23 bits per heavy atom. The maximum atomic E-state index is 13.5. The first-order chi connectivity index (χ1) is 14.5. The van der Waals surface area contributed by atoms with E-state index in [9.17, 15) is 4.39 Å². The normalized spacial score (nSPS) is 16.2. The molecule has 0 atom stereocenters. The van der Waals surface area contributed by atoms with Gasteiger partial charge in [-0.2, -0.15) is 0 Å². The summed E-state index contributed by atoms with van der Waals surface area (Å²) in [5.74, 6) is 1.46. The van der Waals surface area contributed by atoms with Gasteiger partial charge in [-0.1, -0.05) is 29.8 Å². The maximum absolute atomic E-state index is 13.5. The highest BCUT2D eigenvalue weighted by Gasteiger charge is 2.37. The van der Waals surface area contributed by atoms with Crippen LogP contribution >= 0.6 is 0 Å². The van der Waals surface area contributed by atoms with Crippen LogP contribution in [0.5, 0.6) is 5.75 Å². The van der Waals surface area contributed by atoms with Crippen LogP contribution in [-0.4, -0.2) is 51.8 Å². The van der Waals surface area contributed by atoms with E-state index in [4.69, 9.17) is 9.47 Å². The van der Waals surface area contributed by atoms with Crippen molar-refractivity contribution < 1.29 is 13.9 Å². The van der Waals surface area contributed by atoms with Gasteiger partial charge in [-0.3, -0.25) is 4.99 Å². The zero-order chi connectivity index (χ0) is 21.6. The summed E-state index contributed by atoms with van der Waals surface area (Å²) in [6.45, 7) is 4.83. The Morgan fingerprint density at radius 3 is 2.67 bits per heavy atom. The average Bonchev–Trinajstić information content (AvgIpc) is 2.75. The van der Waals surface area contributed by atoms with Crippen LogP contribution in [0.2, 0.25) is 0 Å². The van der Waals surface area contributed by atoms with Gasteiger partial charge in [0, 0.05) is 51.4 Å². The lowest BCUT2D eigenvalue weighted by Gasteiger charge is -2.39. The quantitative estimate of drug-likeness (QED) is 0.576. The van der Waals surface area contributed by atoms with Crippen LogP contribution in [0, 0.1) is 12.7 Å². The number of benzene rings is 2. The predicted molar refractivity (Wildman–Crippen MR) is 119 cm³/mol. The molecule has 0 saturated carbocycles. The SMILES string of the molecule is CN=C(NCC1(c2cc(C)ccc2OC)CCOCC1)N(C)Cc1cccc(F)c1. The largest absolute Gasteiger partial charge is 0.496 e. The molecule has 0 radical (unpaired) electrons. The van der Waals surface area contributed by atoms with Crippen LogP contribution in [0.3, 0.4) is 0 Å². The topological polar surface area (TPSA) is 46.1 Å². The molecule has 1 N–H and O–H groups in total. The molecule has 1 aliphatic rings. The molecule has 0 aromatic heterocycles. The Kier molecular flexibility index (Phi) is 7.32. The van der Waals surface area contributed by atoms with E-state index in [-0.39, 0.29) is 11.2 Å². The minimum atomic E-state index is -0.225. The van der Waals surface area contributed by atoms with Crippen LogP contribution in [0.4, 0.5) is 4.39 Å². The van der Waals surface area contributed by atoms with E-state index in [1.165, 1.54) is 17.2 Å². The van der Waals surface area contributed by atoms with Crippen LogP contribution in [0.15, 0.2) is 47.5 Å². The first kappa shape index (κ1) is 22.1. The molecule has 0 aliphatic carbocycles. The first-order valence-corrected chi connectivity index (χ1v) is 10.4. The van der Waals surface area contributed by atoms with Crippen molar-refractivity contribution in [2.24, 2.45) is 4.99 Å². The van der Waals surface area contributed by atoms with Crippen LogP contribution in [-0.2, 0) is 16.7 Å². The average molecular weight is 414 g/mol. The van der Waals surface area contributed by atoms with Crippen molar-refractivity contribution in [1.82, 2.24) is 10.2 Å². The molecular formula is C24H32FN3O2. The number of ether oxygens (including phenoxy) is 2. The lowest BCUT2D eigenvalue weighted by atomic mass is 9.73. The Morgan fingerprint density at radius 2 is 2.00 bits per heavy atom. The zero-order valence-corrected chi connectivity index (χ0v) is 18.4. The minimum absolute atomic E-state index is 0.106. The number of nitrogens with zero attached hydrogens (tertiary/aromatic N) is 2. The number of aryl methyl sites for hydroxylation is 1. The van der Waals surface area contributed by atoms with Crippen molar-refractivity contribution in [3.8, 4) is 5.75 Å². The van der Waals surface area contributed by atoms with E-state index >= 15 is 0 Å². The second-order valence-corrected chi connectivity index (χ2v) is 7.98. The third-order valence-corrected chi connectivity index (χ3v) is 5.84. The fraction of sp³-hybridized carbons (Fsp3) is 0.458. The highest BCUT2D eigenvalue weighted by molar-refractivity contribution is 5.79. The summed E-state index contributed by atoms with van der Waals surface area (Å²) in [7, 11) is 5.46. The van der Waals surface area contributed by atoms with E-state index in [1.54, 1.807) is 26.3 Å². The summed E-state index contributed by atoms with van der Waals surface area (Å²) >= 11 is 0. The van der Waals surface area contributed by atoms with E-state index in [0.29, 0.717) is 6.54 Å². The molecule has 0 unspecified atom stereocenters. The molecule has 30 heavy (non-hydrogen) atoms. The number of methoxy groups -OCH3 is 1. The monoisotopic (exact) mass is 413 g/mol. The summed E-state index contributed by atoms with van der Waals surface area (Å²) in [5.41, 5.74) is 3.22. The molecule has 1 saturated heterocycles. The molecule has 3 rings (SSSR count). The van der Waals surface area contributed by atoms with Gasteiger partial charge in [0.15, 0.2) is 5.96 Å². The second-order valence-electron chi connectivity index (χ2n) is 7.98. The summed E-state index contributed by atoms with van der Waals surface area (Å²) in [6.07, 6.45) is 1.81. The molecular weight excluding hydrogens is 381 g/mol. The lowest BCUT2D eigenvalue weighted by molar-refractivity contribution is 0.0503. The third-order valence-electron chi connectivity index (χ3n) is 5.84. The van der Waals surface area contributed by atoms with Gasteiger partial charge < -0.3 is 19.7 Å². The van der Waals surface area contributed by atoms with Crippen LogP contribution < -0.4 is 10.1 Å². The molecule has 0 bridgehead atoms. The molecule has 1 fully saturated rings. The van der Waals surface area contributed by atoms with Crippen molar-refractivity contribution in [2.75, 3.05) is 41.0 Å². The van der Waals surface area contributed by atoms with E-state index in [2.05, 4.69) is 29.4 Å². The molecule has 2 aromatic rings. The van der Waals surface area contributed by atoms with Gasteiger partial charge in [0.25, 0.3) is 0 Å². The highest BCUT2D eigenvalue weighted by Crippen LogP contribution is 2.40. The van der Waals surface area contributed by atoms with Gasteiger partial charge in [-0.25, -0.2) is 4.39 Å². The van der Waals surface area contributed by atoms with Crippen molar-refractivity contribution in [3.05, 3.63) is 65.0 Å². The molecule has 6 heteroatoms. The second kappa shape index (κ2) is 9.94. The molecule has 2 aromatic carbocycles. The molecule has 5 nitrogen and oxygen atoms in total. The van der Waals surface area contributed by atoms with Gasteiger partial charge in [-0.15, -0.1) is 0 Å². The highest BCUT2D eigenvalue weighted by atomic mass is 19.1. The van der Waals surface area contributed by atoms with Crippen LogP contribution in [0.25, 0.3) is 0 Å². The van der Waals surface area contributed by atoms with Gasteiger partial charge in [0.2, 0.25) is 0 Å². The standard InChI is InChI=1S/C24H32FN3O2/c1-18-8-9-22(29-4)21(14-18)24(10-12-30-13-11-24)17-27-23(26-2)28(3)16-19-6-5-7-20(25)15-19/h5-9,14-15H,10-13,16-17H2,1-4H3,(H,26,27). The predicted octanol–water partition coefficient (Wildman–Crippen LogP) is 3.90. The Hall–Kier alpha value is -2.60. The number of hydrogen-bond acceptors (Lipinski definition) is 3. The van der Waals surface area contributed by atoms with Crippen molar-refractivity contribution in [3.63, 3.8) is 0 Å². The Labute approximate surface area is 178 Å². The summed E-state index contributed by atoms with van der Waals surface area (Å²) < 4.78 is 24.9. The molecule has 1 aliphatic heterocycles. The molecule has 0 spiro atoms. The number of guanidine groups is 1. The van der Waals surface area contributed by atoms with Gasteiger partial charge in [0.05, 0.1) is 7.11 Å². The Bertz CT molecular complexity index is 879.